The van der Waals surface area contributed by atoms with E-state index in [0.29, 0.717) is 13.0 Å². The molecule has 2 rings (SSSR count). The molecule has 6 nitrogen and oxygen atoms in total. The molecule has 0 aliphatic carbocycles. The van der Waals surface area contributed by atoms with Crippen LogP contribution < -0.4 is 5.56 Å². The van der Waals surface area contributed by atoms with E-state index in [2.05, 4.69) is 4.98 Å². The van der Waals surface area contributed by atoms with Crippen LogP contribution >= 0.6 is 0 Å². The lowest BCUT2D eigenvalue weighted by atomic mass is 10.3. The van der Waals surface area contributed by atoms with Gasteiger partial charge in [0.15, 0.2) is 0 Å². The zero-order valence-electron chi connectivity index (χ0n) is 9.91. The zero-order chi connectivity index (χ0) is 13.1. The Morgan fingerprint density at radius 3 is 2.83 bits per heavy atom. The molecule has 2 aromatic rings. The summed E-state index contributed by atoms with van der Waals surface area (Å²) >= 11 is 0. The van der Waals surface area contributed by atoms with Crippen LogP contribution in [0.1, 0.15) is 16.3 Å². The van der Waals surface area contributed by atoms with Gasteiger partial charge in [-0.25, -0.2) is 9.78 Å². The van der Waals surface area contributed by atoms with Crippen molar-refractivity contribution in [2.45, 2.75) is 13.0 Å². The van der Waals surface area contributed by atoms with Crippen LogP contribution in [0.15, 0.2) is 35.4 Å². The van der Waals surface area contributed by atoms with Gasteiger partial charge in [-0.05, 0) is 6.07 Å². The van der Waals surface area contributed by atoms with Gasteiger partial charge in [-0.2, -0.15) is 0 Å². The van der Waals surface area contributed by atoms with Crippen molar-refractivity contribution >= 4 is 5.97 Å². The fourth-order valence-corrected chi connectivity index (χ4v) is 1.79. The van der Waals surface area contributed by atoms with E-state index in [1.54, 1.807) is 12.4 Å². The summed E-state index contributed by atoms with van der Waals surface area (Å²) in [7, 11) is 1.86. The van der Waals surface area contributed by atoms with Crippen molar-refractivity contribution in [2.24, 2.45) is 7.05 Å². The second kappa shape index (κ2) is 4.87. The minimum atomic E-state index is -1.10. The molecule has 0 aliphatic heterocycles. The smallest absolute Gasteiger partial charge is 0.352 e. The highest BCUT2D eigenvalue weighted by molar-refractivity contribution is 5.85. The molecule has 0 radical (unpaired) electrons. The minimum Gasteiger partial charge on any atom is -0.477 e. The maximum absolute atomic E-state index is 11.7. The standard InChI is InChI=1S/C12H13N3O3/c1-14-8-6-13-10(14)5-7-15-9(12(17)18)3-2-4-11(15)16/h2-4,6,8H,5,7H2,1H3,(H,17,18). The third kappa shape index (κ3) is 2.32. The topological polar surface area (TPSA) is 77.1 Å². The van der Waals surface area contributed by atoms with Gasteiger partial charge in [0.25, 0.3) is 5.56 Å². The number of hydrogen-bond acceptors (Lipinski definition) is 3. The average Bonchev–Trinajstić information content (AvgIpc) is 2.73. The number of carbonyl (C=O) groups is 1. The largest absolute Gasteiger partial charge is 0.477 e. The van der Waals surface area contributed by atoms with Crippen molar-refractivity contribution in [3.8, 4) is 0 Å². The van der Waals surface area contributed by atoms with Crippen molar-refractivity contribution in [3.05, 3.63) is 52.5 Å². The van der Waals surface area contributed by atoms with Crippen LogP contribution in [0.5, 0.6) is 0 Å². The Labute approximate surface area is 103 Å². The van der Waals surface area contributed by atoms with E-state index < -0.39 is 5.97 Å². The highest BCUT2D eigenvalue weighted by Crippen LogP contribution is 2.01. The van der Waals surface area contributed by atoms with Crippen LogP contribution in [0, 0.1) is 0 Å². The quantitative estimate of drug-likeness (QED) is 0.854. The van der Waals surface area contributed by atoms with Crippen molar-refractivity contribution in [3.63, 3.8) is 0 Å². The summed E-state index contributed by atoms with van der Waals surface area (Å²) in [5.41, 5.74) is -0.319. The molecule has 0 aliphatic rings. The lowest BCUT2D eigenvalue weighted by Gasteiger charge is -2.09. The summed E-state index contributed by atoms with van der Waals surface area (Å²) in [4.78, 5) is 26.8. The molecular formula is C12H13N3O3. The second-order valence-corrected chi connectivity index (χ2v) is 3.91. The van der Waals surface area contributed by atoms with E-state index in [4.69, 9.17) is 5.11 Å². The van der Waals surface area contributed by atoms with Gasteiger partial charge in [-0.1, -0.05) is 6.07 Å². The van der Waals surface area contributed by atoms with E-state index >= 15 is 0 Å². The monoisotopic (exact) mass is 247 g/mol. The van der Waals surface area contributed by atoms with Crippen LogP contribution in [0.25, 0.3) is 0 Å². The van der Waals surface area contributed by atoms with Crippen LogP contribution in [0.3, 0.4) is 0 Å². The molecule has 0 unspecified atom stereocenters. The lowest BCUT2D eigenvalue weighted by Crippen LogP contribution is -2.26. The third-order valence-corrected chi connectivity index (χ3v) is 2.75. The molecule has 6 heteroatoms. The highest BCUT2D eigenvalue weighted by atomic mass is 16.4. The number of aryl methyl sites for hydroxylation is 2. The number of aromatic carboxylic acids is 1. The Balaban J connectivity index is 2.27. The first-order valence-corrected chi connectivity index (χ1v) is 5.49. The number of pyridine rings is 1. The first-order valence-electron chi connectivity index (χ1n) is 5.49. The summed E-state index contributed by atoms with van der Waals surface area (Å²) in [5.74, 6) is -0.297. The van der Waals surface area contributed by atoms with Gasteiger partial charge in [0, 0.05) is 38.5 Å². The van der Waals surface area contributed by atoms with E-state index in [-0.39, 0.29) is 11.3 Å². The summed E-state index contributed by atoms with van der Waals surface area (Å²) in [6.45, 7) is 0.298. The Kier molecular flexibility index (Phi) is 3.27. The molecule has 18 heavy (non-hydrogen) atoms. The molecular weight excluding hydrogens is 234 g/mol. The molecule has 0 aromatic carbocycles. The van der Waals surface area contributed by atoms with E-state index in [1.165, 1.54) is 22.8 Å². The molecule has 0 fully saturated rings. The zero-order valence-corrected chi connectivity index (χ0v) is 9.91. The molecule has 94 valence electrons. The Hall–Kier alpha value is -2.37. The summed E-state index contributed by atoms with van der Waals surface area (Å²) in [5, 5.41) is 9.02. The highest BCUT2D eigenvalue weighted by Gasteiger charge is 2.10. The molecule has 0 bridgehead atoms. The first-order chi connectivity index (χ1) is 8.59. The van der Waals surface area contributed by atoms with Crippen LogP contribution in [0.4, 0.5) is 0 Å². The third-order valence-electron chi connectivity index (χ3n) is 2.75. The van der Waals surface area contributed by atoms with Crippen LogP contribution in [-0.2, 0) is 20.0 Å². The maximum Gasteiger partial charge on any atom is 0.352 e. The van der Waals surface area contributed by atoms with Crippen molar-refractivity contribution in [1.82, 2.24) is 14.1 Å². The van der Waals surface area contributed by atoms with E-state index in [1.807, 2.05) is 11.6 Å². The van der Waals surface area contributed by atoms with Gasteiger partial charge >= 0.3 is 5.97 Å². The van der Waals surface area contributed by atoms with Gasteiger partial charge in [0.05, 0.1) is 0 Å². The molecule has 0 saturated carbocycles. The minimum absolute atomic E-state index is 0.00305. The number of nitrogens with zero attached hydrogens (tertiary/aromatic N) is 3. The SMILES string of the molecule is Cn1ccnc1CCn1c(C(=O)O)cccc1=O. The van der Waals surface area contributed by atoms with Gasteiger partial charge < -0.3 is 14.2 Å². The number of carboxylic acid groups (broad SMARTS) is 1. The predicted molar refractivity (Wildman–Crippen MR) is 64.6 cm³/mol. The molecule has 1 N–H and O–H groups in total. The fourth-order valence-electron chi connectivity index (χ4n) is 1.79. The number of imidazole rings is 1. The molecule has 0 atom stereocenters. The van der Waals surface area contributed by atoms with Gasteiger partial charge in [-0.15, -0.1) is 0 Å². The van der Waals surface area contributed by atoms with E-state index in [0.717, 1.165) is 5.82 Å². The summed E-state index contributed by atoms with van der Waals surface area (Å²) < 4.78 is 3.09. The number of hydrogen-bond donors (Lipinski definition) is 1. The van der Waals surface area contributed by atoms with E-state index in [9.17, 15) is 9.59 Å². The fraction of sp³-hybridized carbons (Fsp3) is 0.250. The first kappa shape index (κ1) is 12.1. The van der Waals surface area contributed by atoms with Crippen LogP contribution in [0.2, 0.25) is 0 Å². The lowest BCUT2D eigenvalue weighted by molar-refractivity contribution is 0.0683. The Morgan fingerprint density at radius 1 is 1.44 bits per heavy atom. The van der Waals surface area contributed by atoms with Crippen molar-refractivity contribution in [1.29, 1.82) is 0 Å². The Morgan fingerprint density at radius 2 is 2.22 bits per heavy atom. The van der Waals surface area contributed by atoms with Gasteiger partial charge in [-0.3, -0.25) is 4.79 Å². The predicted octanol–water partition coefficient (Wildman–Crippen LogP) is 0.523. The summed E-state index contributed by atoms with van der Waals surface area (Å²) in [6, 6.07) is 4.22. The van der Waals surface area contributed by atoms with Crippen molar-refractivity contribution in [2.75, 3.05) is 0 Å². The second-order valence-electron chi connectivity index (χ2n) is 3.91. The number of aromatic nitrogens is 3. The van der Waals surface area contributed by atoms with Gasteiger partial charge in [0.2, 0.25) is 0 Å². The average molecular weight is 247 g/mol. The number of carboxylic acids is 1. The molecule has 0 spiro atoms. The molecule has 0 amide bonds. The molecule has 2 heterocycles. The Bertz CT molecular complexity index is 627. The number of rotatable bonds is 4. The normalized spacial score (nSPS) is 10.5. The molecule has 0 saturated heterocycles. The van der Waals surface area contributed by atoms with Crippen molar-refractivity contribution < 1.29 is 9.90 Å². The molecule has 2 aromatic heterocycles. The van der Waals surface area contributed by atoms with Crippen LogP contribution in [-0.4, -0.2) is 25.2 Å². The van der Waals surface area contributed by atoms with Gasteiger partial charge in [0.1, 0.15) is 11.5 Å². The maximum atomic E-state index is 11.7. The summed E-state index contributed by atoms with van der Waals surface area (Å²) in [6.07, 6.45) is 3.98.